The van der Waals surface area contributed by atoms with Crippen molar-refractivity contribution in [3.63, 3.8) is 0 Å². The smallest absolute Gasteiger partial charge is 0.308 e. The van der Waals surface area contributed by atoms with E-state index in [0.717, 1.165) is 12.0 Å². The van der Waals surface area contributed by atoms with Gasteiger partial charge in [-0.3, -0.25) is 4.79 Å². The highest BCUT2D eigenvalue weighted by Gasteiger charge is 2.15. The van der Waals surface area contributed by atoms with Crippen molar-refractivity contribution in [2.24, 2.45) is 0 Å². The lowest BCUT2D eigenvalue weighted by molar-refractivity contribution is -0.143. The number of allylic oxidation sites excluding steroid dienone is 3. The maximum absolute atomic E-state index is 10.9. The second-order valence-electron chi connectivity index (χ2n) is 4.11. The lowest BCUT2D eigenvalue weighted by Gasteiger charge is -2.14. The topological polar surface area (TPSA) is 66.8 Å². The van der Waals surface area contributed by atoms with Gasteiger partial charge in [0.15, 0.2) is 0 Å². The van der Waals surface area contributed by atoms with E-state index in [9.17, 15) is 15.0 Å². The Morgan fingerprint density at radius 1 is 1.41 bits per heavy atom. The van der Waals surface area contributed by atoms with Gasteiger partial charge in [-0.1, -0.05) is 24.3 Å². The summed E-state index contributed by atoms with van der Waals surface area (Å²) in [7, 11) is 1.27. The fraction of sp³-hybridized carbons (Fsp3) is 0.615. The van der Waals surface area contributed by atoms with Crippen LogP contribution in [-0.4, -0.2) is 35.5 Å². The second-order valence-corrected chi connectivity index (χ2v) is 4.11. The van der Waals surface area contributed by atoms with E-state index in [1.165, 1.54) is 7.11 Å². The van der Waals surface area contributed by atoms with Crippen LogP contribution in [0.1, 0.15) is 32.6 Å². The summed E-state index contributed by atoms with van der Waals surface area (Å²) in [5.74, 6) is -0.465. The molecule has 0 aliphatic carbocycles. The number of hydrogen-bond acceptors (Lipinski definition) is 4. The van der Waals surface area contributed by atoms with E-state index in [2.05, 4.69) is 11.3 Å². The number of ether oxygens (including phenoxy) is 1. The molecule has 0 saturated heterocycles. The Bertz CT molecular complexity index is 271. The van der Waals surface area contributed by atoms with Crippen LogP contribution >= 0.6 is 0 Å². The molecular formula is C13H22O4. The van der Waals surface area contributed by atoms with Crippen LogP contribution < -0.4 is 0 Å². The first-order chi connectivity index (χ1) is 7.99. The molecule has 0 spiro atoms. The first kappa shape index (κ1) is 15.9. The van der Waals surface area contributed by atoms with Crippen LogP contribution in [0, 0.1) is 0 Å². The average molecular weight is 242 g/mol. The number of carbonyl (C=O) groups excluding carboxylic acids is 1. The summed E-state index contributed by atoms with van der Waals surface area (Å²) in [5.41, 5.74) is 1.13. The third kappa shape index (κ3) is 8.65. The largest absolute Gasteiger partial charge is 0.469 e. The van der Waals surface area contributed by atoms with Crippen LogP contribution in [0.25, 0.3) is 0 Å². The molecule has 0 aromatic heterocycles. The van der Waals surface area contributed by atoms with E-state index in [0.29, 0.717) is 6.42 Å². The Labute approximate surface area is 103 Å². The molecule has 0 saturated carbocycles. The van der Waals surface area contributed by atoms with Gasteiger partial charge in [-0.2, -0.15) is 0 Å². The molecule has 0 fully saturated rings. The fourth-order valence-corrected chi connectivity index (χ4v) is 1.47. The minimum Gasteiger partial charge on any atom is -0.469 e. The van der Waals surface area contributed by atoms with Crippen LogP contribution in [0.2, 0.25) is 0 Å². The molecule has 0 bridgehead atoms. The van der Waals surface area contributed by atoms with Crippen LogP contribution in [0.5, 0.6) is 0 Å². The van der Waals surface area contributed by atoms with E-state index in [1.54, 1.807) is 6.08 Å². The zero-order valence-electron chi connectivity index (χ0n) is 10.6. The van der Waals surface area contributed by atoms with Crippen molar-refractivity contribution in [3.05, 3.63) is 24.3 Å². The number of rotatable bonds is 8. The monoisotopic (exact) mass is 242 g/mol. The zero-order valence-corrected chi connectivity index (χ0v) is 10.6. The maximum Gasteiger partial charge on any atom is 0.308 e. The van der Waals surface area contributed by atoms with E-state index in [-0.39, 0.29) is 12.8 Å². The van der Waals surface area contributed by atoms with Crippen molar-refractivity contribution >= 4 is 5.97 Å². The van der Waals surface area contributed by atoms with Crippen molar-refractivity contribution in [1.29, 1.82) is 0 Å². The molecule has 2 unspecified atom stereocenters. The summed E-state index contributed by atoms with van der Waals surface area (Å²) in [5, 5.41) is 19.2. The number of hydrogen-bond donors (Lipinski definition) is 2. The molecule has 0 radical (unpaired) electrons. The Kier molecular flexibility index (Phi) is 8.36. The minimum atomic E-state index is -0.846. The van der Waals surface area contributed by atoms with Gasteiger partial charge in [0, 0.05) is 0 Å². The highest BCUT2D eigenvalue weighted by molar-refractivity contribution is 5.69. The van der Waals surface area contributed by atoms with Gasteiger partial charge in [0.25, 0.3) is 0 Å². The van der Waals surface area contributed by atoms with Gasteiger partial charge in [-0.25, -0.2) is 0 Å². The summed E-state index contributed by atoms with van der Waals surface area (Å²) < 4.78 is 4.43. The van der Waals surface area contributed by atoms with Gasteiger partial charge in [0.05, 0.1) is 25.7 Å². The van der Waals surface area contributed by atoms with Crippen LogP contribution in [0.15, 0.2) is 24.3 Å². The summed E-state index contributed by atoms with van der Waals surface area (Å²) in [4.78, 5) is 10.9. The molecule has 0 heterocycles. The number of carbonyl (C=O) groups is 1. The number of methoxy groups -OCH3 is 1. The fourth-order valence-electron chi connectivity index (χ4n) is 1.47. The molecule has 0 aliphatic rings. The SMILES string of the molecule is C=C/C=C(\C)CCC(O)CC(O)CC(=O)OC. The third-order valence-corrected chi connectivity index (χ3v) is 2.45. The van der Waals surface area contributed by atoms with Crippen molar-refractivity contribution in [2.45, 2.75) is 44.8 Å². The van der Waals surface area contributed by atoms with Crippen molar-refractivity contribution < 1.29 is 19.7 Å². The van der Waals surface area contributed by atoms with Gasteiger partial charge < -0.3 is 14.9 Å². The quantitative estimate of drug-likeness (QED) is 0.501. The Morgan fingerprint density at radius 2 is 2.06 bits per heavy atom. The van der Waals surface area contributed by atoms with Gasteiger partial charge in [0.2, 0.25) is 0 Å². The summed E-state index contributed by atoms with van der Waals surface area (Å²) in [6, 6.07) is 0. The van der Waals surface area contributed by atoms with Gasteiger partial charge in [-0.15, -0.1) is 0 Å². The van der Waals surface area contributed by atoms with E-state index in [1.807, 2.05) is 13.0 Å². The molecule has 2 atom stereocenters. The molecule has 0 aliphatic heterocycles. The Morgan fingerprint density at radius 3 is 2.59 bits per heavy atom. The molecule has 4 heteroatoms. The molecule has 2 N–H and O–H groups in total. The maximum atomic E-state index is 10.9. The lowest BCUT2D eigenvalue weighted by Crippen LogP contribution is -2.21. The molecule has 0 aromatic carbocycles. The average Bonchev–Trinajstić information content (AvgIpc) is 2.26. The van der Waals surface area contributed by atoms with Crippen molar-refractivity contribution in [3.8, 4) is 0 Å². The molecule has 4 nitrogen and oxygen atoms in total. The summed E-state index contributed by atoms with van der Waals surface area (Å²) in [6.07, 6.45) is 3.56. The van der Waals surface area contributed by atoms with E-state index < -0.39 is 18.2 Å². The molecule has 98 valence electrons. The highest BCUT2D eigenvalue weighted by Crippen LogP contribution is 2.12. The van der Waals surface area contributed by atoms with E-state index >= 15 is 0 Å². The minimum absolute atomic E-state index is 0.0744. The molecule has 17 heavy (non-hydrogen) atoms. The molecular weight excluding hydrogens is 220 g/mol. The first-order valence-electron chi connectivity index (χ1n) is 5.70. The number of aliphatic hydroxyl groups is 2. The predicted octanol–water partition coefficient (Wildman–Crippen LogP) is 1.57. The Hall–Kier alpha value is -1.13. The van der Waals surface area contributed by atoms with Crippen LogP contribution in [0.4, 0.5) is 0 Å². The highest BCUT2D eigenvalue weighted by atomic mass is 16.5. The first-order valence-corrected chi connectivity index (χ1v) is 5.70. The van der Waals surface area contributed by atoms with Crippen LogP contribution in [-0.2, 0) is 9.53 Å². The normalized spacial score (nSPS) is 15.2. The lowest BCUT2D eigenvalue weighted by atomic mass is 10.0. The third-order valence-electron chi connectivity index (χ3n) is 2.45. The van der Waals surface area contributed by atoms with Gasteiger partial charge >= 0.3 is 5.97 Å². The molecule has 0 aromatic rings. The summed E-state index contributed by atoms with van der Waals surface area (Å²) >= 11 is 0. The van der Waals surface area contributed by atoms with Crippen molar-refractivity contribution in [1.82, 2.24) is 0 Å². The van der Waals surface area contributed by atoms with Gasteiger partial charge in [-0.05, 0) is 26.2 Å². The Balaban J connectivity index is 3.85. The zero-order chi connectivity index (χ0) is 13.3. The summed E-state index contributed by atoms with van der Waals surface area (Å²) in [6.45, 7) is 5.55. The standard InChI is InChI=1S/C13H22O4/c1-4-5-10(2)6-7-11(14)8-12(15)9-13(16)17-3/h4-5,11-12,14-15H,1,6-9H2,2-3H3/b10-5+. The second kappa shape index (κ2) is 8.96. The van der Waals surface area contributed by atoms with E-state index in [4.69, 9.17) is 0 Å². The van der Waals surface area contributed by atoms with Crippen molar-refractivity contribution in [2.75, 3.05) is 7.11 Å². The number of aliphatic hydroxyl groups excluding tert-OH is 2. The molecule has 0 rings (SSSR count). The van der Waals surface area contributed by atoms with Gasteiger partial charge in [0.1, 0.15) is 0 Å². The van der Waals surface area contributed by atoms with Crippen LogP contribution in [0.3, 0.4) is 0 Å². The molecule has 0 amide bonds. The predicted molar refractivity (Wildman–Crippen MR) is 66.5 cm³/mol. The number of esters is 1.